The molecule has 2 N–H and O–H groups in total. The standard InChI is InChI=1S/C21H29N2O7PS/c1-16(2)29-31(25,30-17(3)4)21(24)22-14-15-23-32(26,27)20-12-10-19(11-13-20)28-18-8-6-5-7-9-18/h5-13,16-17,23H,14-15H2,1-4H3,(H,22,24). The molecule has 0 atom stereocenters. The molecule has 2 aromatic rings. The first-order chi connectivity index (χ1) is 15.0. The van der Waals surface area contributed by atoms with Crippen LogP contribution in [-0.4, -0.2) is 39.4 Å². The van der Waals surface area contributed by atoms with Gasteiger partial charge in [-0.1, -0.05) is 18.2 Å². The molecule has 0 aliphatic carbocycles. The molecule has 0 aliphatic heterocycles. The molecule has 0 saturated carbocycles. The lowest BCUT2D eigenvalue weighted by Gasteiger charge is -2.21. The normalized spacial score (nSPS) is 12.2. The largest absolute Gasteiger partial charge is 0.457 e. The number of benzene rings is 2. The van der Waals surface area contributed by atoms with E-state index in [0.29, 0.717) is 11.5 Å². The monoisotopic (exact) mass is 484 g/mol. The van der Waals surface area contributed by atoms with Crippen molar-refractivity contribution in [2.24, 2.45) is 0 Å². The zero-order valence-corrected chi connectivity index (χ0v) is 20.2. The van der Waals surface area contributed by atoms with Crippen LogP contribution < -0.4 is 14.8 Å². The second-order valence-corrected chi connectivity index (χ2v) is 10.9. The summed E-state index contributed by atoms with van der Waals surface area (Å²) in [6, 6.07) is 15.0. The van der Waals surface area contributed by atoms with Crippen molar-refractivity contribution in [3.8, 4) is 11.5 Å². The Morgan fingerprint density at radius 2 is 1.41 bits per heavy atom. The van der Waals surface area contributed by atoms with Gasteiger partial charge in [0.2, 0.25) is 10.0 Å². The van der Waals surface area contributed by atoms with Crippen LogP contribution in [0.15, 0.2) is 59.5 Å². The summed E-state index contributed by atoms with van der Waals surface area (Å²) in [6.45, 7) is 6.32. The van der Waals surface area contributed by atoms with Crippen molar-refractivity contribution in [1.82, 2.24) is 10.0 Å². The lowest BCUT2D eigenvalue weighted by molar-refractivity contribution is 0.143. The van der Waals surface area contributed by atoms with E-state index in [1.807, 2.05) is 18.2 Å². The number of nitrogens with one attached hydrogen (secondary N) is 2. The fourth-order valence-corrected chi connectivity index (χ4v) is 5.21. The number of para-hydroxylation sites is 1. The van der Waals surface area contributed by atoms with Crippen LogP contribution in [0.5, 0.6) is 11.5 Å². The molecule has 0 radical (unpaired) electrons. The second kappa shape index (κ2) is 11.6. The van der Waals surface area contributed by atoms with Crippen molar-refractivity contribution < 1.29 is 31.6 Å². The Morgan fingerprint density at radius 3 is 1.94 bits per heavy atom. The summed E-state index contributed by atoms with van der Waals surface area (Å²) < 4.78 is 56.1. The Labute approximate surface area is 189 Å². The maximum atomic E-state index is 12.7. The summed E-state index contributed by atoms with van der Waals surface area (Å²) in [5.74, 6) is 1.13. The zero-order valence-electron chi connectivity index (χ0n) is 18.5. The van der Waals surface area contributed by atoms with Crippen LogP contribution in [0.3, 0.4) is 0 Å². The van der Waals surface area contributed by atoms with E-state index < -0.39 is 35.5 Å². The average molecular weight is 485 g/mol. The van der Waals surface area contributed by atoms with E-state index in [2.05, 4.69) is 10.0 Å². The number of ether oxygens (including phenoxy) is 1. The van der Waals surface area contributed by atoms with Crippen molar-refractivity contribution in [3.63, 3.8) is 0 Å². The van der Waals surface area contributed by atoms with Crippen LogP contribution in [0.4, 0.5) is 4.79 Å². The molecule has 0 aliphatic rings. The molecule has 0 spiro atoms. The SMILES string of the molecule is CC(C)OP(=O)(OC(C)C)C(=O)NCCNS(=O)(=O)c1ccc(Oc2ccccc2)cc1. The third-order valence-corrected chi connectivity index (χ3v) is 7.29. The highest BCUT2D eigenvalue weighted by Gasteiger charge is 2.37. The average Bonchev–Trinajstić information content (AvgIpc) is 2.71. The summed E-state index contributed by atoms with van der Waals surface area (Å²) in [6.07, 6.45) is -0.977. The molecular weight excluding hydrogens is 455 g/mol. The first-order valence-electron chi connectivity index (χ1n) is 10.1. The first kappa shape index (κ1) is 26.0. The molecule has 2 aromatic carbocycles. The van der Waals surface area contributed by atoms with Crippen molar-refractivity contribution in [3.05, 3.63) is 54.6 Å². The van der Waals surface area contributed by atoms with Crippen molar-refractivity contribution in [1.29, 1.82) is 0 Å². The van der Waals surface area contributed by atoms with E-state index in [4.69, 9.17) is 13.8 Å². The summed E-state index contributed by atoms with van der Waals surface area (Å²) in [4.78, 5) is 12.3. The van der Waals surface area contributed by atoms with E-state index in [1.165, 1.54) is 12.1 Å². The molecule has 0 aromatic heterocycles. The predicted molar refractivity (Wildman–Crippen MR) is 122 cm³/mol. The molecule has 2 rings (SSSR count). The van der Waals surface area contributed by atoms with Crippen molar-refractivity contribution in [2.45, 2.75) is 44.8 Å². The fourth-order valence-electron chi connectivity index (χ4n) is 2.52. The van der Waals surface area contributed by atoms with Gasteiger partial charge in [0, 0.05) is 13.1 Å². The molecule has 0 fully saturated rings. The van der Waals surface area contributed by atoms with Crippen LogP contribution in [0, 0.1) is 0 Å². The summed E-state index contributed by atoms with van der Waals surface area (Å²) >= 11 is 0. The van der Waals surface area contributed by atoms with Gasteiger partial charge in [0.15, 0.2) is 0 Å². The number of sulfonamides is 1. The Hall–Kier alpha value is -2.23. The Balaban J connectivity index is 1.90. The van der Waals surface area contributed by atoms with Gasteiger partial charge in [-0.2, -0.15) is 0 Å². The van der Waals surface area contributed by atoms with Crippen LogP contribution in [0.1, 0.15) is 27.7 Å². The molecular formula is C21H29N2O7PS. The molecule has 32 heavy (non-hydrogen) atoms. The number of rotatable bonds is 12. The van der Waals surface area contributed by atoms with Crippen molar-refractivity contribution >= 4 is 23.3 Å². The lowest BCUT2D eigenvalue weighted by Crippen LogP contribution is -2.35. The third-order valence-electron chi connectivity index (χ3n) is 3.75. The van der Waals surface area contributed by atoms with Crippen LogP contribution in [0.2, 0.25) is 0 Å². The minimum Gasteiger partial charge on any atom is -0.457 e. The summed E-state index contributed by atoms with van der Waals surface area (Å²) in [7, 11) is -7.85. The summed E-state index contributed by atoms with van der Waals surface area (Å²) in [5, 5.41) is 2.40. The van der Waals surface area contributed by atoms with E-state index in [-0.39, 0.29) is 18.0 Å². The molecule has 0 bridgehead atoms. The molecule has 176 valence electrons. The van der Waals surface area contributed by atoms with Gasteiger partial charge in [-0.05, 0) is 64.1 Å². The highest BCUT2D eigenvalue weighted by molar-refractivity contribution is 7.89. The van der Waals surface area contributed by atoms with E-state index in [0.717, 1.165) is 0 Å². The van der Waals surface area contributed by atoms with Crippen LogP contribution in [0.25, 0.3) is 0 Å². The Bertz CT molecular complexity index is 1010. The minimum absolute atomic E-state index is 0.0428. The lowest BCUT2D eigenvalue weighted by atomic mass is 10.3. The maximum absolute atomic E-state index is 12.7. The van der Waals surface area contributed by atoms with Crippen molar-refractivity contribution in [2.75, 3.05) is 13.1 Å². The first-order valence-corrected chi connectivity index (χ1v) is 13.1. The van der Waals surface area contributed by atoms with Gasteiger partial charge in [0.05, 0.1) is 17.1 Å². The highest BCUT2D eigenvalue weighted by Crippen LogP contribution is 2.51. The Kier molecular flexibility index (Phi) is 9.42. The van der Waals surface area contributed by atoms with Gasteiger partial charge < -0.3 is 10.1 Å². The molecule has 1 amide bonds. The Morgan fingerprint density at radius 1 is 0.875 bits per heavy atom. The van der Waals surface area contributed by atoms with Gasteiger partial charge in [0.25, 0.3) is 0 Å². The minimum atomic E-state index is -4.04. The van der Waals surface area contributed by atoms with Gasteiger partial charge in [0.1, 0.15) is 11.5 Å². The van der Waals surface area contributed by atoms with E-state index >= 15 is 0 Å². The maximum Gasteiger partial charge on any atom is 0.418 e. The number of carbonyl (C=O) groups is 1. The fraction of sp³-hybridized carbons (Fsp3) is 0.381. The molecule has 11 heteroatoms. The molecule has 0 heterocycles. The van der Waals surface area contributed by atoms with Gasteiger partial charge in [-0.25, -0.2) is 17.7 Å². The van der Waals surface area contributed by atoms with E-state index in [9.17, 15) is 17.8 Å². The van der Waals surface area contributed by atoms with Gasteiger partial charge in [-0.3, -0.25) is 13.8 Å². The number of hydrogen-bond donors (Lipinski definition) is 2. The second-order valence-electron chi connectivity index (χ2n) is 7.32. The number of carbonyl (C=O) groups excluding carboxylic acids is 1. The van der Waals surface area contributed by atoms with Gasteiger partial charge in [-0.15, -0.1) is 0 Å². The zero-order chi connectivity index (χ0) is 23.8. The molecule has 0 saturated heterocycles. The predicted octanol–water partition coefficient (Wildman–Crippen LogP) is 4.51. The van der Waals surface area contributed by atoms with E-state index in [1.54, 1.807) is 52.0 Å². The smallest absolute Gasteiger partial charge is 0.418 e. The number of amides is 1. The quantitative estimate of drug-likeness (QED) is 0.336. The third kappa shape index (κ3) is 8.03. The van der Waals surface area contributed by atoms with Crippen LogP contribution >= 0.6 is 7.60 Å². The molecule has 0 unspecified atom stereocenters. The number of hydrogen-bond acceptors (Lipinski definition) is 7. The van der Waals surface area contributed by atoms with Gasteiger partial charge >= 0.3 is 13.2 Å². The summed E-state index contributed by atoms with van der Waals surface area (Å²) in [5.41, 5.74) is -0.915. The molecule has 9 nitrogen and oxygen atoms in total. The van der Waals surface area contributed by atoms with Crippen LogP contribution in [-0.2, 0) is 23.6 Å². The highest BCUT2D eigenvalue weighted by atomic mass is 32.2. The topological polar surface area (TPSA) is 120 Å².